The van der Waals surface area contributed by atoms with Crippen LogP contribution >= 0.6 is 0 Å². The molecule has 7 heteroatoms. The number of nitrogens with one attached hydrogen (secondary N) is 2. The number of carbonyl (C=O) groups excluding carboxylic acids is 2. The van der Waals surface area contributed by atoms with Gasteiger partial charge in [0.1, 0.15) is 23.7 Å². The van der Waals surface area contributed by atoms with E-state index < -0.39 is 11.6 Å². The van der Waals surface area contributed by atoms with Crippen molar-refractivity contribution in [2.24, 2.45) is 0 Å². The number of hydrogen-bond donors (Lipinski definition) is 2. The fraction of sp³-hybridized carbons (Fsp3) is 0.360. The number of amides is 1. The van der Waals surface area contributed by atoms with Gasteiger partial charge in [0.25, 0.3) is 5.91 Å². The van der Waals surface area contributed by atoms with E-state index in [9.17, 15) is 14.0 Å². The number of aromatic amines is 1. The van der Waals surface area contributed by atoms with Crippen molar-refractivity contribution >= 4 is 22.8 Å². The van der Waals surface area contributed by atoms with Gasteiger partial charge >= 0.3 is 5.97 Å². The summed E-state index contributed by atoms with van der Waals surface area (Å²) in [4.78, 5) is 28.0. The van der Waals surface area contributed by atoms with E-state index in [4.69, 9.17) is 9.47 Å². The van der Waals surface area contributed by atoms with E-state index in [1.165, 1.54) is 12.1 Å². The van der Waals surface area contributed by atoms with Crippen LogP contribution < -0.4 is 5.32 Å². The second kappa shape index (κ2) is 8.74. The van der Waals surface area contributed by atoms with E-state index in [-0.39, 0.29) is 36.9 Å². The molecule has 2 aromatic carbocycles. The van der Waals surface area contributed by atoms with E-state index in [0.717, 1.165) is 11.1 Å². The molecule has 1 amide bonds. The summed E-state index contributed by atoms with van der Waals surface area (Å²) < 4.78 is 24.5. The highest BCUT2D eigenvalue weighted by Crippen LogP contribution is 2.34. The summed E-state index contributed by atoms with van der Waals surface area (Å²) in [6.07, 6.45) is 0.664. The highest BCUT2D eigenvalue weighted by molar-refractivity contribution is 5.98. The first kappa shape index (κ1) is 22.0. The number of carbonyl (C=O) groups is 2. The summed E-state index contributed by atoms with van der Waals surface area (Å²) in [5, 5.41) is 3.72. The summed E-state index contributed by atoms with van der Waals surface area (Å²) in [7, 11) is 0. The number of ether oxygens (including phenoxy) is 2. The van der Waals surface area contributed by atoms with Crippen LogP contribution in [0.5, 0.6) is 0 Å². The van der Waals surface area contributed by atoms with Gasteiger partial charge in [-0.15, -0.1) is 0 Å². The van der Waals surface area contributed by atoms with Gasteiger partial charge in [0.2, 0.25) is 0 Å². The third kappa shape index (κ3) is 4.99. The van der Waals surface area contributed by atoms with Gasteiger partial charge in [-0.3, -0.25) is 4.79 Å². The predicted octanol–water partition coefficient (Wildman–Crippen LogP) is 4.10. The summed E-state index contributed by atoms with van der Waals surface area (Å²) in [6, 6.07) is 13.8. The average Bonchev–Trinajstić information content (AvgIpc) is 3.28. The second-order valence-electron chi connectivity index (χ2n) is 9.11. The van der Waals surface area contributed by atoms with Gasteiger partial charge in [0.05, 0.1) is 6.61 Å². The lowest BCUT2D eigenvalue weighted by Crippen LogP contribution is -2.39. The molecule has 1 aromatic heterocycles. The van der Waals surface area contributed by atoms with Crippen LogP contribution in [0, 0.1) is 5.82 Å². The van der Waals surface area contributed by atoms with Crippen LogP contribution in [0.15, 0.2) is 48.5 Å². The molecule has 0 spiro atoms. The minimum Gasteiger partial charge on any atom is -0.458 e. The molecule has 1 heterocycles. The van der Waals surface area contributed by atoms with E-state index in [0.29, 0.717) is 23.0 Å². The Kier molecular flexibility index (Phi) is 6.02. The lowest BCUT2D eigenvalue weighted by molar-refractivity contribution is -0.160. The normalized spacial score (nSPS) is 17.9. The molecule has 0 aliphatic heterocycles. The highest BCUT2D eigenvalue weighted by Gasteiger charge is 2.34. The fourth-order valence-corrected chi connectivity index (χ4v) is 4.15. The molecule has 6 nitrogen and oxygen atoms in total. The van der Waals surface area contributed by atoms with Crippen LogP contribution in [0.3, 0.4) is 0 Å². The molecule has 4 rings (SSSR count). The van der Waals surface area contributed by atoms with Crippen molar-refractivity contribution in [3.8, 4) is 0 Å². The Morgan fingerprint density at radius 1 is 1.16 bits per heavy atom. The lowest BCUT2D eigenvalue weighted by atomic mass is 9.99. The summed E-state index contributed by atoms with van der Waals surface area (Å²) in [6.45, 7) is 5.55. The van der Waals surface area contributed by atoms with Crippen molar-refractivity contribution in [3.05, 3.63) is 71.2 Å². The highest BCUT2D eigenvalue weighted by atomic mass is 19.1. The number of halogens is 1. The molecule has 0 saturated carbocycles. The zero-order valence-corrected chi connectivity index (χ0v) is 18.4. The van der Waals surface area contributed by atoms with E-state index in [1.807, 2.05) is 45.0 Å². The number of esters is 1. The molecule has 0 saturated heterocycles. The van der Waals surface area contributed by atoms with E-state index >= 15 is 0 Å². The third-order valence-electron chi connectivity index (χ3n) is 5.46. The SMILES string of the molecule is CC(C)(C)OC(=O)COC[C@@H]1c2ccccc2C[C@H]1NC(=O)c1cc2cc(F)ccc2[nH]1. The number of fused-ring (bicyclic) bond motifs is 2. The molecular formula is C25H27FN2O4. The molecule has 0 bridgehead atoms. The van der Waals surface area contributed by atoms with Crippen molar-refractivity contribution in [2.45, 2.75) is 44.8 Å². The molecule has 32 heavy (non-hydrogen) atoms. The molecule has 2 N–H and O–H groups in total. The molecule has 0 fully saturated rings. The van der Waals surface area contributed by atoms with Gasteiger partial charge in [-0.05, 0) is 62.6 Å². The quantitative estimate of drug-likeness (QED) is 0.568. The largest absolute Gasteiger partial charge is 0.458 e. The van der Waals surface area contributed by atoms with E-state index in [2.05, 4.69) is 10.3 Å². The number of aromatic nitrogens is 1. The topological polar surface area (TPSA) is 80.4 Å². The first-order valence-corrected chi connectivity index (χ1v) is 10.7. The smallest absolute Gasteiger partial charge is 0.332 e. The lowest BCUT2D eigenvalue weighted by Gasteiger charge is -2.23. The van der Waals surface area contributed by atoms with Crippen LogP contribution in [0.25, 0.3) is 10.9 Å². The Labute approximate surface area is 186 Å². The Hall–Kier alpha value is -3.19. The zero-order chi connectivity index (χ0) is 22.9. The summed E-state index contributed by atoms with van der Waals surface area (Å²) in [5.74, 6) is -1.14. The maximum atomic E-state index is 13.5. The number of rotatable bonds is 6. The van der Waals surface area contributed by atoms with Gasteiger partial charge in [0, 0.05) is 22.9 Å². The van der Waals surface area contributed by atoms with Gasteiger partial charge in [0.15, 0.2) is 0 Å². The monoisotopic (exact) mass is 438 g/mol. The van der Waals surface area contributed by atoms with Gasteiger partial charge in [-0.1, -0.05) is 24.3 Å². The minimum atomic E-state index is -0.570. The minimum absolute atomic E-state index is 0.0978. The number of hydrogen-bond acceptors (Lipinski definition) is 4. The molecule has 0 radical (unpaired) electrons. The van der Waals surface area contributed by atoms with E-state index in [1.54, 1.807) is 12.1 Å². The van der Waals surface area contributed by atoms with Crippen molar-refractivity contribution in [1.29, 1.82) is 0 Å². The molecule has 168 valence electrons. The van der Waals surface area contributed by atoms with Crippen LogP contribution in [-0.4, -0.2) is 41.7 Å². The maximum Gasteiger partial charge on any atom is 0.332 e. The van der Waals surface area contributed by atoms with Crippen molar-refractivity contribution in [1.82, 2.24) is 10.3 Å². The van der Waals surface area contributed by atoms with Crippen LogP contribution in [0.2, 0.25) is 0 Å². The number of H-pyrrole nitrogens is 1. The van der Waals surface area contributed by atoms with Crippen molar-refractivity contribution in [2.75, 3.05) is 13.2 Å². The van der Waals surface area contributed by atoms with Gasteiger partial charge in [-0.2, -0.15) is 0 Å². The second-order valence-corrected chi connectivity index (χ2v) is 9.11. The molecule has 3 aromatic rings. The summed E-state index contributed by atoms with van der Waals surface area (Å²) >= 11 is 0. The summed E-state index contributed by atoms with van der Waals surface area (Å²) in [5.41, 5.74) is 2.74. The van der Waals surface area contributed by atoms with Crippen molar-refractivity contribution in [3.63, 3.8) is 0 Å². The fourth-order valence-electron chi connectivity index (χ4n) is 4.15. The average molecular weight is 438 g/mol. The standard InChI is InChI=1S/C25H27FN2O4/c1-25(2,3)32-23(29)14-31-13-19-18-7-5-4-6-15(18)11-21(19)28-24(30)22-12-16-10-17(26)8-9-20(16)27-22/h4-10,12,19,21,27H,11,13-14H2,1-3H3,(H,28,30)/t19-,21-/m1/s1. The Morgan fingerprint density at radius 2 is 1.94 bits per heavy atom. The third-order valence-corrected chi connectivity index (χ3v) is 5.46. The van der Waals surface area contributed by atoms with Crippen LogP contribution in [0.1, 0.15) is 48.3 Å². The van der Waals surface area contributed by atoms with Gasteiger partial charge < -0.3 is 19.8 Å². The Bertz CT molecular complexity index is 1150. The first-order valence-electron chi connectivity index (χ1n) is 10.7. The molecule has 1 aliphatic rings. The Morgan fingerprint density at radius 3 is 2.72 bits per heavy atom. The molecule has 0 unspecified atom stereocenters. The maximum absolute atomic E-state index is 13.5. The predicted molar refractivity (Wildman–Crippen MR) is 119 cm³/mol. The molecule has 1 aliphatic carbocycles. The van der Waals surface area contributed by atoms with Gasteiger partial charge in [-0.25, -0.2) is 9.18 Å². The first-order chi connectivity index (χ1) is 15.2. The van der Waals surface area contributed by atoms with Crippen LogP contribution in [-0.2, 0) is 20.7 Å². The zero-order valence-electron chi connectivity index (χ0n) is 18.4. The number of benzene rings is 2. The van der Waals surface area contributed by atoms with Crippen molar-refractivity contribution < 1.29 is 23.5 Å². The Balaban J connectivity index is 1.45. The molecule has 2 atom stereocenters. The molecular weight excluding hydrogens is 411 g/mol. The van der Waals surface area contributed by atoms with Crippen LogP contribution in [0.4, 0.5) is 4.39 Å².